The Bertz CT molecular complexity index is 620. The first-order chi connectivity index (χ1) is 11.3. The van der Waals surface area contributed by atoms with Crippen molar-refractivity contribution in [3.8, 4) is 0 Å². The molecule has 2 heterocycles. The fraction of sp³-hybridized carbons (Fsp3) is 0.647. The Balaban J connectivity index is 1.28. The molecule has 2 N–H and O–H groups in total. The number of hydrogen-bond donors (Lipinski definition) is 2. The number of nitrogens with zero attached hydrogens (tertiary/aromatic N) is 3. The van der Waals surface area contributed by atoms with Gasteiger partial charge in [-0.2, -0.15) is 5.10 Å². The normalized spacial score (nSPS) is 28.1. The summed E-state index contributed by atoms with van der Waals surface area (Å²) in [6.07, 6.45) is 9.00. The van der Waals surface area contributed by atoms with E-state index in [1.807, 2.05) is 16.9 Å². The third-order valence-electron chi connectivity index (χ3n) is 5.26. The Labute approximate surface area is 135 Å². The highest BCUT2D eigenvalue weighted by molar-refractivity contribution is 5.12. The number of rotatable bonds is 6. The van der Waals surface area contributed by atoms with Crippen LogP contribution in [0.3, 0.4) is 0 Å². The minimum absolute atomic E-state index is 0.124. The zero-order valence-electron chi connectivity index (χ0n) is 13.3. The highest BCUT2D eigenvalue weighted by Crippen LogP contribution is 2.36. The van der Waals surface area contributed by atoms with Crippen LogP contribution >= 0.6 is 0 Å². The van der Waals surface area contributed by atoms with Crippen molar-refractivity contribution in [2.45, 2.75) is 63.3 Å². The van der Waals surface area contributed by atoms with Gasteiger partial charge in [0.2, 0.25) is 0 Å². The van der Waals surface area contributed by atoms with Crippen LogP contribution in [0.15, 0.2) is 29.0 Å². The predicted molar refractivity (Wildman–Crippen MR) is 84.7 cm³/mol. The molecule has 0 bridgehead atoms. The van der Waals surface area contributed by atoms with E-state index >= 15 is 0 Å². The lowest BCUT2D eigenvalue weighted by Gasteiger charge is -2.21. The monoisotopic (exact) mass is 316 g/mol. The van der Waals surface area contributed by atoms with E-state index in [0.717, 1.165) is 30.8 Å². The quantitative estimate of drug-likeness (QED) is 0.853. The third kappa shape index (κ3) is 3.33. The summed E-state index contributed by atoms with van der Waals surface area (Å²) in [6, 6.07) is 4.13. The lowest BCUT2D eigenvalue weighted by Crippen LogP contribution is -2.35. The van der Waals surface area contributed by atoms with Gasteiger partial charge in [0, 0.05) is 43.5 Å². The lowest BCUT2D eigenvalue weighted by atomic mass is 9.83. The van der Waals surface area contributed by atoms with E-state index in [4.69, 9.17) is 4.52 Å². The maximum absolute atomic E-state index is 10.3. The van der Waals surface area contributed by atoms with Crippen LogP contribution in [0.2, 0.25) is 0 Å². The maximum atomic E-state index is 10.3. The Morgan fingerprint density at radius 2 is 2.26 bits per heavy atom. The van der Waals surface area contributed by atoms with E-state index in [0.29, 0.717) is 18.4 Å². The average molecular weight is 316 g/mol. The van der Waals surface area contributed by atoms with E-state index in [1.54, 1.807) is 6.20 Å². The Kier molecular flexibility index (Phi) is 4.18. The number of nitrogens with one attached hydrogen (secondary N) is 1. The third-order valence-corrected chi connectivity index (χ3v) is 5.26. The molecule has 124 valence electrons. The summed E-state index contributed by atoms with van der Waals surface area (Å²) in [5.41, 5.74) is 0.939. The zero-order chi connectivity index (χ0) is 15.6. The van der Waals surface area contributed by atoms with Gasteiger partial charge >= 0.3 is 0 Å². The van der Waals surface area contributed by atoms with Crippen LogP contribution in [-0.4, -0.2) is 32.2 Å². The SMILES string of the molecule is O[C@@H]1CC(Cn2cccn2)C[C@H]1NCc1cc(C2CCC2)on1. The molecule has 0 aromatic carbocycles. The molecule has 0 spiro atoms. The van der Waals surface area contributed by atoms with Crippen molar-refractivity contribution in [2.24, 2.45) is 5.92 Å². The minimum atomic E-state index is -0.298. The van der Waals surface area contributed by atoms with Crippen LogP contribution in [0, 0.1) is 5.92 Å². The van der Waals surface area contributed by atoms with Gasteiger partial charge in [0.1, 0.15) is 5.76 Å². The largest absolute Gasteiger partial charge is 0.391 e. The van der Waals surface area contributed by atoms with Crippen LogP contribution in [-0.2, 0) is 13.1 Å². The zero-order valence-corrected chi connectivity index (χ0v) is 13.3. The molecule has 2 aliphatic carbocycles. The first-order valence-electron chi connectivity index (χ1n) is 8.62. The topological polar surface area (TPSA) is 76.1 Å². The van der Waals surface area contributed by atoms with E-state index < -0.39 is 0 Å². The van der Waals surface area contributed by atoms with Gasteiger partial charge in [-0.05, 0) is 37.7 Å². The van der Waals surface area contributed by atoms with E-state index in [9.17, 15) is 5.11 Å². The van der Waals surface area contributed by atoms with Gasteiger partial charge in [-0.1, -0.05) is 11.6 Å². The number of aliphatic hydroxyl groups excluding tert-OH is 1. The highest BCUT2D eigenvalue weighted by atomic mass is 16.5. The first kappa shape index (κ1) is 14.9. The number of hydrogen-bond acceptors (Lipinski definition) is 5. The molecule has 1 unspecified atom stereocenters. The van der Waals surface area contributed by atoms with Crippen molar-refractivity contribution >= 4 is 0 Å². The summed E-state index contributed by atoms with van der Waals surface area (Å²) in [5.74, 6) is 2.06. The fourth-order valence-electron chi connectivity index (χ4n) is 3.69. The van der Waals surface area contributed by atoms with Gasteiger partial charge in [0.05, 0.1) is 11.8 Å². The summed E-state index contributed by atoms with van der Waals surface area (Å²) in [6.45, 7) is 1.53. The number of aromatic nitrogens is 3. The van der Waals surface area contributed by atoms with E-state index in [-0.39, 0.29) is 12.1 Å². The molecule has 0 aliphatic heterocycles. The van der Waals surface area contributed by atoms with Crippen molar-refractivity contribution in [1.29, 1.82) is 0 Å². The second-order valence-electron chi connectivity index (χ2n) is 6.97. The van der Waals surface area contributed by atoms with Crippen LogP contribution < -0.4 is 5.32 Å². The van der Waals surface area contributed by atoms with E-state index in [2.05, 4.69) is 21.6 Å². The molecule has 4 rings (SSSR count). The second-order valence-corrected chi connectivity index (χ2v) is 6.97. The molecule has 2 fully saturated rings. The molecule has 2 saturated carbocycles. The van der Waals surface area contributed by atoms with Crippen molar-refractivity contribution in [3.63, 3.8) is 0 Å². The molecule has 6 nitrogen and oxygen atoms in total. The molecular weight excluding hydrogens is 292 g/mol. The molecule has 6 heteroatoms. The van der Waals surface area contributed by atoms with Gasteiger partial charge in [-0.3, -0.25) is 4.68 Å². The molecule has 0 saturated heterocycles. The smallest absolute Gasteiger partial charge is 0.140 e. The molecule has 0 radical (unpaired) electrons. The van der Waals surface area contributed by atoms with Crippen molar-refractivity contribution in [3.05, 3.63) is 36.0 Å². The van der Waals surface area contributed by atoms with Crippen LogP contribution in [0.1, 0.15) is 49.5 Å². The predicted octanol–water partition coefficient (Wildman–Crippen LogP) is 2.07. The summed E-state index contributed by atoms with van der Waals surface area (Å²) in [5, 5.41) is 22.1. The van der Waals surface area contributed by atoms with Gasteiger partial charge in [0.25, 0.3) is 0 Å². The molecule has 2 aliphatic rings. The molecule has 3 atom stereocenters. The highest BCUT2D eigenvalue weighted by Gasteiger charge is 2.33. The van der Waals surface area contributed by atoms with Gasteiger partial charge in [0.15, 0.2) is 0 Å². The fourth-order valence-corrected chi connectivity index (χ4v) is 3.69. The summed E-state index contributed by atoms with van der Waals surface area (Å²) < 4.78 is 7.38. The van der Waals surface area contributed by atoms with Gasteiger partial charge in [-0.25, -0.2) is 0 Å². The summed E-state index contributed by atoms with van der Waals surface area (Å²) >= 11 is 0. The molecule has 0 amide bonds. The minimum Gasteiger partial charge on any atom is -0.391 e. The van der Waals surface area contributed by atoms with Crippen molar-refractivity contribution in [2.75, 3.05) is 0 Å². The molecule has 2 aromatic heterocycles. The Morgan fingerprint density at radius 3 is 3.00 bits per heavy atom. The van der Waals surface area contributed by atoms with Crippen LogP contribution in [0.4, 0.5) is 0 Å². The standard InChI is InChI=1S/C17H24N4O2/c22-16-8-12(11-21-6-2-5-19-21)7-15(16)18-10-14-9-17(23-20-14)13-3-1-4-13/h2,5-6,9,12-13,15-16,18,22H,1,3-4,7-8,10-11H2/t12?,15-,16-/m1/s1. The molecule has 2 aromatic rings. The summed E-state index contributed by atoms with van der Waals surface area (Å²) in [7, 11) is 0. The molecular formula is C17H24N4O2. The Hall–Kier alpha value is -1.66. The van der Waals surface area contributed by atoms with Gasteiger partial charge in [-0.15, -0.1) is 0 Å². The van der Waals surface area contributed by atoms with Crippen LogP contribution in [0.25, 0.3) is 0 Å². The van der Waals surface area contributed by atoms with Crippen molar-refractivity contribution < 1.29 is 9.63 Å². The first-order valence-corrected chi connectivity index (χ1v) is 8.62. The Morgan fingerprint density at radius 1 is 1.35 bits per heavy atom. The maximum Gasteiger partial charge on any atom is 0.140 e. The molecule has 23 heavy (non-hydrogen) atoms. The van der Waals surface area contributed by atoms with Crippen molar-refractivity contribution in [1.82, 2.24) is 20.3 Å². The average Bonchev–Trinajstić information content (AvgIpc) is 3.18. The van der Waals surface area contributed by atoms with E-state index in [1.165, 1.54) is 19.3 Å². The lowest BCUT2D eigenvalue weighted by molar-refractivity contribution is 0.145. The second kappa shape index (κ2) is 6.45. The van der Waals surface area contributed by atoms with Gasteiger partial charge < -0.3 is 14.9 Å². The summed E-state index contributed by atoms with van der Waals surface area (Å²) in [4.78, 5) is 0. The van der Waals surface area contributed by atoms with Crippen LogP contribution in [0.5, 0.6) is 0 Å². The number of aliphatic hydroxyl groups is 1.